The Bertz CT molecular complexity index is 904. The van der Waals surface area contributed by atoms with E-state index in [-0.39, 0.29) is 11.2 Å². The summed E-state index contributed by atoms with van der Waals surface area (Å²) in [6.45, 7) is 6.17. The molecule has 1 aromatic carbocycles. The van der Waals surface area contributed by atoms with Gasteiger partial charge in [-0.15, -0.1) is 11.3 Å². The molecule has 124 valence electrons. The number of nitrogens with two attached hydrogens (primary N) is 1. The molecule has 0 saturated carbocycles. The maximum Gasteiger partial charge on any atom is 0.230 e. The van der Waals surface area contributed by atoms with Crippen LogP contribution in [-0.2, 0) is 4.79 Å². The Balaban J connectivity index is 2.13. The Labute approximate surface area is 149 Å². The quantitative estimate of drug-likeness (QED) is 0.545. The molecule has 3 rings (SSSR count). The van der Waals surface area contributed by atoms with Gasteiger partial charge in [-0.05, 0) is 37.0 Å². The summed E-state index contributed by atoms with van der Waals surface area (Å²) in [6, 6.07) is 6.43. The highest BCUT2D eigenvalue weighted by Gasteiger charge is 2.20. The molecule has 0 spiro atoms. The molecule has 0 aliphatic carbocycles. The van der Waals surface area contributed by atoms with Crippen LogP contribution < -0.4 is 5.73 Å². The summed E-state index contributed by atoms with van der Waals surface area (Å²) in [6.07, 6.45) is 2.23. The van der Waals surface area contributed by atoms with Crippen molar-refractivity contribution in [2.45, 2.75) is 37.5 Å². The van der Waals surface area contributed by atoms with Gasteiger partial charge in [0.1, 0.15) is 16.2 Å². The summed E-state index contributed by atoms with van der Waals surface area (Å²) >= 11 is 3.02. The van der Waals surface area contributed by atoms with Gasteiger partial charge in [0.25, 0.3) is 0 Å². The molecule has 0 aliphatic rings. The molecule has 6 heteroatoms. The van der Waals surface area contributed by atoms with E-state index in [0.717, 1.165) is 26.4 Å². The molecule has 0 aliphatic heterocycles. The average Bonchev–Trinajstić information content (AvgIpc) is 2.99. The minimum atomic E-state index is -0.308. The maximum atomic E-state index is 11.6. The summed E-state index contributed by atoms with van der Waals surface area (Å²) in [5.74, 6) is -0.308. The Morgan fingerprint density at radius 2 is 2.08 bits per heavy atom. The highest BCUT2D eigenvalue weighted by Crippen LogP contribution is 2.39. The Hall–Kier alpha value is -1.92. The van der Waals surface area contributed by atoms with Crippen LogP contribution in [-0.4, -0.2) is 21.1 Å². The van der Waals surface area contributed by atoms with Crippen molar-refractivity contribution in [1.29, 1.82) is 0 Å². The minimum absolute atomic E-state index is 0.282. The lowest BCUT2D eigenvalue weighted by Crippen LogP contribution is -2.24. The van der Waals surface area contributed by atoms with Gasteiger partial charge in [-0.25, -0.2) is 9.97 Å². The number of fused-ring (bicyclic) bond motifs is 1. The first-order valence-electron chi connectivity index (χ1n) is 7.77. The zero-order valence-corrected chi connectivity index (χ0v) is 15.5. The second kappa shape index (κ2) is 6.91. The van der Waals surface area contributed by atoms with Crippen LogP contribution in [0.2, 0.25) is 0 Å². The van der Waals surface area contributed by atoms with Crippen molar-refractivity contribution >= 4 is 39.2 Å². The van der Waals surface area contributed by atoms with Gasteiger partial charge >= 0.3 is 0 Å². The van der Waals surface area contributed by atoms with Crippen LogP contribution in [0.15, 0.2) is 34.9 Å². The van der Waals surface area contributed by atoms with Crippen molar-refractivity contribution in [2.24, 2.45) is 5.73 Å². The normalized spacial score (nSPS) is 12.5. The summed E-state index contributed by atoms with van der Waals surface area (Å²) < 4.78 is 0. The van der Waals surface area contributed by atoms with Crippen molar-refractivity contribution in [3.8, 4) is 11.1 Å². The van der Waals surface area contributed by atoms with Crippen molar-refractivity contribution in [2.75, 3.05) is 0 Å². The number of thiophene rings is 1. The van der Waals surface area contributed by atoms with Crippen LogP contribution in [0.5, 0.6) is 0 Å². The zero-order valence-electron chi connectivity index (χ0n) is 13.9. The van der Waals surface area contributed by atoms with E-state index in [4.69, 9.17) is 5.73 Å². The van der Waals surface area contributed by atoms with Gasteiger partial charge < -0.3 is 5.73 Å². The number of primary amides is 1. The van der Waals surface area contributed by atoms with Crippen molar-refractivity contribution in [3.63, 3.8) is 0 Å². The predicted octanol–water partition coefficient (Wildman–Crippen LogP) is 4.33. The largest absolute Gasteiger partial charge is 0.369 e. The summed E-state index contributed by atoms with van der Waals surface area (Å²) in [4.78, 5) is 21.3. The smallest absolute Gasteiger partial charge is 0.230 e. The number of aromatic nitrogens is 2. The van der Waals surface area contributed by atoms with Crippen LogP contribution >= 0.6 is 23.1 Å². The molecule has 2 heterocycles. The molecule has 4 nitrogen and oxygen atoms in total. The minimum Gasteiger partial charge on any atom is -0.369 e. The number of carbonyl (C=O) groups is 1. The monoisotopic (exact) mass is 357 g/mol. The number of nitrogens with zero attached hydrogens (tertiary/aromatic N) is 2. The number of hydrogen-bond donors (Lipinski definition) is 1. The third-order valence-electron chi connectivity index (χ3n) is 4.10. The fraction of sp³-hybridized carbons (Fsp3) is 0.278. The second-order valence-electron chi connectivity index (χ2n) is 5.72. The molecular weight excluding hydrogens is 338 g/mol. The van der Waals surface area contributed by atoms with E-state index in [0.29, 0.717) is 6.42 Å². The number of carbonyl (C=O) groups excluding carboxylic acids is 1. The Morgan fingerprint density at radius 3 is 2.75 bits per heavy atom. The number of aryl methyl sites for hydroxylation is 2. The molecule has 3 aromatic rings. The van der Waals surface area contributed by atoms with E-state index in [9.17, 15) is 4.79 Å². The Kier molecular flexibility index (Phi) is 4.87. The summed E-state index contributed by atoms with van der Waals surface area (Å²) in [5.41, 5.74) is 10.3. The molecule has 1 atom stereocenters. The molecular formula is C18H19N3OS2. The van der Waals surface area contributed by atoms with E-state index >= 15 is 0 Å². The van der Waals surface area contributed by atoms with E-state index in [1.54, 1.807) is 17.7 Å². The van der Waals surface area contributed by atoms with Gasteiger partial charge in [-0.1, -0.05) is 36.9 Å². The topological polar surface area (TPSA) is 68.9 Å². The van der Waals surface area contributed by atoms with Gasteiger partial charge in [-0.3, -0.25) is 4.79 Å². The van der Waals surface area contributed by atoms with Gasteiger partial charge in [-0.2, -0.15) is 0 Å². The predicted molar refractivity (Wildman–Crippen MR) is 101 cm³/mol. The molecule has 2 aromatic heterocycles. The van der Waals surface area contributed by atoms with Crippen molar-refractivity contribution in [3.05, 3.63) is 41.0 Å². The third kappa shape index (κ3) is 3.16. The maximum absolute atomic E-state index is 11.6. The van der Waals surface area contributed by atoms with Crippen LogP contribution in [0.1, 0.15) is 24.5 Å². The van der Waals surface area contributed by atoms with E-state index < -0.39 is 0 Å². The van der Waals surface area contributed by atoms with Crippen molar-refractivity contribution < 1.29 is 4.79 Å². The van der Waals surface area contributed by atoms with Gasteiger partial charge in [0.2, 0.25) is 5.91 Å². The second-order valence-corrected chi connectivity index (χ2v) is 7.77. The third-order valence-corrected chi connectivity index (χ3v) is 6.36. The molecule has 2 N–H and O–H groups in total. The zero-order chi connectivity index (χ0) is 17.3. The van der Waals surface area contributed by atoms with Crippen LogP contribution in [0.25, 0.3) is 21.3 Å². The molecule has 0 fully saturated rings. The van der Waals surface area contributed by atoms with Crippen molar-refractivity contribution in [1.82, 2.24) is 9.97 Å². The summed E-state index contributed by atoms with van der Waals surface area (Å²) in [7, 11) is 0. The molecule has 0 bridgehead atoms. The van der Waals surface area contributed by atoms with Crippen LogP contribution in [0.3, 0.4) is 0 Å². The molecule has 1 amide bonds. The number of rotatable bonds is 5. The lowest BCUT2D eigenvalue weighted by Gasteiger charge is -2.11. The fourth-order valence-corrected chi connectivity index (χ4v) is 4.50. The summed E-state index contributed by atoms with van der Waals surface area (Å²) in [5, 5.41) is 3.66. The Morgan fingerprint density at radius 1 is 1.29 bits per heavy atom. The molecule has 0 saturated heterocycles. The fourth-order valence-electron chi connectivity index (χ4n) is 2.54. The first kappa shape index (κ1) is 16.9. The highest BCUT2D eigenvalue weighted by atomic mass is 32.2. The SMILES string of the molecule is CCC(Sc1ncnc2scc(-c3ccc(C)c(C)c3)c12)C(N)=O. The van der Waals surface area contributed by atoms with Crippen LogP contribution in [0, 0.1) is 13.8 Å². The van der Waals surface area contributed by atoms with Crippen LogP contribution in [0.4, 0.5) is 0 Å². The van der Waals surface area contributed by atoms with E-state index in [1.807, 2.05) is 6.92 Å². The molecule has 0 radical (unpaired) electrons. The number of benzene rings is 1. The van der Waals surface area contributed by atoms with Gasteiger partial charge in [0.05, 0.1) is 10.6 Å². The lowest BCUT2D eigenvalue weighted by molar-refractivity contribution is -0.117. The van der Waals surface area contributed by atoms with E-state index in [1.165, 1.54) is 22.9 Å². The van der Waals surface area contributed by atoms with Gasteiger partial charge in [0.15, 0.2) is 0 Å². The first-order chi connectivity index (χ1) is 11.5. The number of hydrogen-bond acceptors (Lipinski definition) is 5. The number of thioether (sulfide) groups is 1. The molecule has 1 unspecified atom stereocenters. The highest BCUT2D eigenvalue weighted by molar-refractivity contribution is 8.00. The average molecular weight is 358 g/mol. The lowest BCUT2D eigenvalue weighted by atomic mass is 10.0. The van der Waals surface area contributed by atoms with E-state index in [2.05, 4.69) is 47.4 Å². The number of amides is 1. The molecule has 24 heavy (non-hydrogen) atoms. The first-order valence-corrected chi connectivity index (χ1v) is 9.53. The van der Waals surface area contributed by atoms with Gasteiger partial charge in [0, 0.05) is 10.9 Å². The standard InChI is InChI=1S/C18H19N3OS2/c1-4-14(16(19)22)24-18-15-13(8-23-17(15)20-9-21-18)12-6-5-10(2)11(3)7-12/h5-9,14H,4H2,1-3H3,(H2,19,22).